The van der Waals surface area contributed by atoms with Crippen LogP contribution in [-0.4, -0.2) is 32.3 Å². The molecule has 0 aliphatic rings. The lowest BCUT2D eigenvalue weighted by molar-refractivity contribution is 0.0468. The lowest BCUT2D eigenvalue weighted by atomic mass is 10.1. The summed E-state index contributed by atoms with van der Waals surface area (Å²) in [7, 11) is 4.76. The molecule has 0 unspecified atom stereocenters. The minimum atomic E-state index is -0.418. The van der Waals surface area contributed by atoms with Gasteiger partial charge in [0.25, 0.3) is 0 Å². The van der Waals surface area contributed by atoms with Crippen molar-refractivity contribution in [2.45, 2.75) is 13.5 Å². The lowest BCUT2D eigenvalue weighted by Crippen LogP contribution is -2.06. The normalized spacial score (nSPS) is 10.4. The fourth-order valence-corrected chi connectivity index (χ4v) is 3.45. The summed E-state index contributed by atoms with van der Waals surface area (Å²) in [5.41, 5.74) is 2.99. The Bertz CT molecular complexity index is 983. The maximum atomic E-state index is 12.3. The number of benzene rings is 2. The average Bonchev–Trinajstić information content (AvgIpc) is 3.20. The van der Waals surface area contributed by atoms with Crippen molar-refractivity contribution < 1.29 is 23.7 Å². The van der Waals surface area contributed by atoms with Crippen molar-refractivity contribution in [2.75, 3.05) is 21.3 Å². The standard InChI is InChI=1S/C21H21NO5S/c1-13-5-6-15(10-18(13)25-3)21(23)27-11-16-12-28-20(22-16)14-7-8-17(24-2)19(9-14)26-4/h5-10,12H,11H2,1-4H3. The quantitative estimate of drug-likeness (QED) is 0.545. The molecule has 0 saturated carbocycles. The third kappa shape index (κ3) is 4.26. The van der Waals surface area contributed by atoms with E-state index in [4.69, 9.17) is 18.9 Å². The Hall–Kier alpha value is -3.06. The van der Waals surface area contributed by atoms with Gasteiger partial charge in [-0.15, -0.1) is 11.3 Å². The van der Waals surface area contributed by atoms with E-state index >= 15 is 0 Å². The van der Waals surface area contributed by atoms with Crippen molar-refractivity contribution in [3.05, 3.63) is 58.6 Å². The molecule has 146 valence electrons. The number of aryl methyl sites for hydroxylation is 1. The highest BCUT2D eigenvalue weighted by Crippen LogP contribution is 2.33. The van der Waals surface area contributed by atoms with Gasteiger partial charge in [-0.05, 0) is 42.8 Å². The molecule has 1 aromatic heterocycles. The summed E-state index contributed by atoms with van der Waals surface area (Å²) >= 11 is 1.47. The number of carbonyl (C=O) groups is 1. The van der Waals surface area contributed by atoms with Crippen LogP contribution in [0, 0.1) is 6.92 Å². The molecule has 2 aromatic carbocycles. The fraction of sp³-hybridized carbons (Fsp3) is 0.238. The lowest BCUT2D eigenvalue weighted by Gasteiger charge is -2.08. The summed E-state index contributed by atoms with van der Waals surface area (Å²) in [6.07, 6.45) is 0. The Balaban J connectivity index is 1.69. The number of aromatic nitrogens is 1. The first-order chi connectivity index (χ1) is 13.5. The second-order valence-electron chi connectivity index (χ2n) is 5.97. The van der Waals surface area contributed by atoms with Crippen LogP contribution in [-0.2, 0) is 11.3 Å². The Morgan fingerprint density at radius 2 is 1.71 bits per heavy atom. The first-order valence-corrected chi connectivity index (χ1v) is 9.42. The van der Waals surface area contributed by atoms with Gasteiger partial charge < -0.3 is 18.9 Å². The Kier molecular flexibility index (Phi) is 6.16. The third-order valence-corrected chi connectivity index (χ3v) is 5.12. The molecule has 28 heavy (non-hydrogen) atoms. The molecule has 0 aliphatic heterocycles. The van der Waals surface area contributed by atoms with Crippen LogP contribution >= 0.6 is 11.3 Å². The first-order valence-electron chi connectivity index (χ1n) is 8.54. The van der Waals surface area contributed by atoms with Gasteiger partial charge in [-0.1, -0.05) is 6.07 Å². The van der Waals surface area contributed by atoms with Crippen molar-refractivity contribution in [3.63, 3.8) is 0 Å². The van der Waals surface area contributed by atoms with Crippen LogP contribution in [0.25, 0.3) is 10.6 Å². The highest BCUT2D eigenvalue weighted by Gasteiger charge is 2.13. The molecule has 0 N–H and O–H groups in total. The molecule has 0 atom stereocenters. The predicted octanol–water partition coefficient (Wildman–Crippen LogP) is 4.50. The van der Waals surface area contributed by atoms with E-state index in [-0.39, 0.29) is 6.61 Å². The number of hydrogen-bond acceptors (Lipinski definition) is 7. The molecule has 6 nitrogen and oxygen atoms in total. The molecule has 0 radical (unpaired) electrons. The maximum absolute atomic E-state index is 12.3. The van der Waals surface area contributed by atoms with Crippen LogP contribution in [0.4, 0.5) is 0 Å². The van der Waals surface area contributed by atoms with Crippen molar-refractivity contribution in [2.24, 2.45) is 0 Å². The van der Waals surface area contributed by atoms with Crippen LogP contribution in [0.5, 0.6) is 17.2 Å². The van der Waals surface area contributed by atoms with E-state index in [0.29, 0.717) is 28.5 Å². The van der Waals surface area contributed by atoms with Crippen LogP contribution in [0.1, 0.15) is 21.6 Å². The van der Waals surface area contributed by atoms with Crippen molar-refractivity contribution in [1.82, 2.24) is 4.98 Å². The van der Waals surface area contributed by atoms with Gasteiger partial charge in [0.15, 0.2) is 11.5 Å². The Labute approximate surface area is 167 Å². The first kappa shape index (κ1) is 19.7. The van der Waals surface area contributed by atoms with Crippen molar-refractivity contribution in [1.29, 1.82) is 0 Å². The highest BCUT2D eigenvalue weighted by atomic mass is 32.1. The molecule has 0 saturated heterocycles. The monoisotopic (exact) mass is 399 g/mol. The topological polar surface area (TPSA) is 66.9 Å². The van der Waals surface area contributed by atoms with Gasteiger partial charge in [-0.3, -0.25) is 0 Å². The van der Waals surface area contributed by atoms with Gasteiger partial charge in [0.2, 0.25) is 0 Å². The minimum absolute atomic E-state index is 0.0960. The van der Waals surface area contributed by atoms with Crippen molar-refractivity contribution >= 4 is 17.3 Å². The van der Waals surface area contributed by atoms with Gasteiger partial charge in [0.05, 0.1) is 32.6 Å². The van der Waals surface area contributed by atoms with E-state index in [1.54, 1.807) is 33.5 Å². The summed E-state index contributed by atoms with van der Waals surface area (Å²) in [5.74, 6) is 1.53. The Morgan fingerprint density at radius 1 is 0.964 bits per heavy atom. The highest BCUT2D eigenvalue weighted by molar-refractivity contribution is 7.13. The molecule has 0 amide bonds. The van der Waals surface area contributed by atoms with Crippen molar-refractivity contribution in [3.8, 4) is 27.8 Å². The number of methoxy groups -OCH3 is 3. The summed E-state index contributed by atoms with van der Waals surface area (Å²) < 4.78 is 21.2. The zero-order valence-electron chi connectivity index (χ0n) is 16.1. The molecular weight excluding hydrogens is 378 g/mol. The summed E-state index contributed by atoms with van der Waals surface area (Å²) in [5, 5.41) is 2.68. The largest absolute Gasteiger partial charge is 0.496 e. The van der Waals surface area contributed by atoms with Gasteiger partial charge in [-0.2, -0.15) is 0 Å². The van der Waals surface area contributed by atoms with Crippen LogP contribution in [0.15, 0.2) is 41.8 Å². The number of rotatable bonds is 7. The minimum Gasteiger partial charge on any atom is -0.496 e. The molecule has 1 heterocycles. The molecule has 0 spiro atoms. The maximum Gasteiger partial charge on any atom is 0.338 e. The van der Waals surface area contributed by atoms with E-state index < -0.39 is 5.97 Å². The number of hydrogen-bond donors (Lipinski definition) is 0. The fourth-order valence-electron chi connectivity index (χ4n) is 2.64. The molecule has 0 bridgehead atoms. The third-order valence-electron chi connectivity index (χ3n) is 4.18. The van der Waals surface area contributed by atoms with Crippen LogP contribution in [0.2, 0.25) is 0 Å². The summed E-state index contributed by atoms with van der Waals surface area (Å²) in [6, 6.07) is 10.8. The Morgan fingerprint density at radius 3 is 2.43 bits per heavy atom. The molecule has 7 heteroatoms. The second-order valence-corrected chi connectivity index (χ2v) is 6.83. The van der Waals surface area contributed by atoms with E-state index in [1.165, 1.54) is 11.3 Å². The zero-order valence-corrected chi connectivity index (χ0v) is 17.0. The van der Waals surface area contributed by atoms with Gasteiger partial charge in [0.1, 0.15) is 17.4 Å². The van der Waals surface area contributed by atoms with Gasteiger partial charge in [-0.25, -0.2) is 9.78 Å². The van der Waals surface area contributed by atoms with E-state index in [1.807, 2.05) is 36.6 Å². The molecule has 3 aromatic rings. The SMILES string of the molecule is COc1cc(C(=O)OCc2csc(-c3ccc(OC)c(OC)c3)n2)ccc1C. The van der Waals surface area contributed by atoms with Crippen LogP contribution in [0.3, 0.4) is 0 Å². The number of esters is 1. The zero-order chi connectivity index (χ0) is 20.1. The van der Waals surface area contributed by atoms with Crippen LogP contribution < -0.4 is 14.2 Å². The van der Waals surface area contributed by atoms with Gasteiger partial charge >= 0.3 is 5.97 Å². The van der Waals surface area contributed by atoms with Gasteiger partial charge in [0, 0.05) is 10.9 Å². The van der Waals surface area contributed by atoms with E-state index in [2.05, 4.69) is 4.98 Å². The number of thiazole rings is 1. The molecule has 3 rings (SSSR count). The molecular formula is C21H21NO5S. The van der Waals surface area contributed by atoms with E-state index in [9.17, 15) is 4.79 Å². The average molecular weight is 399 g/mol. The number of ether oxygens (including phenoxy) is 4. The molecule has 0 fully saturated rings. The summed E-state index contributed by atoms with van der Waals surface area (Å²) in [6.45, 7) is 2.01. The summed E-state index contributed by atoms with van der Waals surface area (Å²) in [4.78, 5) is 16.8. The van der Waals surface area contributed by atoms with E-state index in [0.717, 1.165) is 16.1 Å². The smallest absolute Gasteiger partial charge is 0.338 e. The predicted molar refractivity (Wildman–Crippen MR) is 108 cm³/mol. The second kappa shape index (κ2) is 8.75. The number of nitrogens with zero attached hydrogens (tertiary/aromatic N) is 1. The number of carbonyl (C=O) groups excluding carboxylic acids is 1. The molecule has 0 aliphatic carbocycles.